The number of rotatable bonds is 2. The Morgan fingerprint density at radius 2 is 2.70 bits per heavy atom. The van der Waals surface area contributed by atoms with Crippen LogP contribution in [0.5, 0.6) is 0 Å². The summed E-state index contributed by atoms with van der Waals surface area (Å²) in [5.74, 6) is 1.04. The number of H-pyrrole nitrogens is 1. The minimum absolute atomic E-state index is 0.309. The van der Waals surface area contributed by atoms with E-state index in [0.717, 1.165) is 6.42 Å². The Bertz CT molecular complexity index is 207. The summed E-state index contributed by atoms with van der Waals surface area (Å²) >= 11 is 0. The Kier molecular flexibility index (Phi) is 1.24. The highest BCUT2D eigenvalue weighted by atomic mass is 16.3. The van der Waals surface area contributed by atoms with Crippen molar-refractivity contribution < 1.29 is 5.11 Å². The largest absolute Gasteiger partial charge is 0.396 e. The molecule has 2 N–H and O–H groups in total. The molecule has 1 fully saturated rings. The third-order valence-electron chi connectivity index (χ3n) is 2.08. The second-order valence-corrected chi connectivity index (χ2v) is 2.79. The smallest absolute Gasteiger partial charge is 0.0921 e. The number of hydrogen-bond donors (Lipinski definition) is 2. The number of aliphatic hydroxyl groups excluding tert-OH is 1. The molecule has 0 saturated heterocycles. The van der Waals surface area contributed by atoms with E-state index in [-0.39, 0.29) is 0 Å². The minimum Gasteiger partial charge on any atom is -0.396 e. The van der Waals surface area contributed by atoms with E-state index in [4.69, 9.17) is 5.11 Å². The van der Waals surface area contributed by atoms with E-state index < -0.39 is 0 Å². The van der Waals surface area contributed by atoms with Gasteiger partial charge in [0.25, 0.3) is 0 Å². The monoisotopic (exact) mass is 138 g/mol. The van der Waals surface area contributed by atoms with Crippen molar-refractivity contribution in [2.75, 3.05) is 6.61 Å². The second-order valence-electron chi connectivity index (χ2n) is 2.79. The summed E-state index contributed by atoms with van der Waals surface area (Å²) in [7, 11) is 0. The number of nitrogens with zero attached hydrogens (tertiary/aromatic N) is 1. The van der Waals surface area contributed by atoms with Crippen LogP contribution in [0, 0.1) is 5.92 Å². The Hall–Kier alpha value is -0.830. The van der Waals surface area contributed by atoms with Crippen LogP contribution in [0.2, 0.25) is 0 Å². The fraction of sp³-hybridized carbons (Fsp3) is 0.571. The van der Waals surface area contributed by atoms with Crippen LogP contribution >= 0.6 is 0 Å². The van der Waals surface area contributed by atoms with E-state index in [1.54, 1.807) is 6.33 Å². The molecule has 0 radical (unpaired) electrons. The Balaban J connectivity index is 2.05. The van der Waals surface area contributed by atoms with E-state index in [9.17, 15) is 0 Å². The van der Waals surface area contributed by atoms with Crippen molar-refractivity contribution in [1.29, 1.82) is 0 Å². The minimum atomic E-state index is 0.309. The van der Waals surface area contributed by atoms with Gasteiger partial charge in [-0.05, 0) is 12.3 Å². The average molecular weight is 138 g/mol. The summed E-state index contributed by atoms with van der Waals surface area (Å²) in [6.45, 7) is 0.309. The van der Waals surface area contributed by atoms with Crippen LogP contribution in [0.4, 0.5) is 0 Å². The lowest BCUT2D eigenvalue weighted by atomic mass is 10.2. The van der Waals surface area contributed by atoms with Gasteiger partial charge in [-0.25, -0.2) is 4.98 Å². The van der Waals surface area contributed by atoms with Gasteiger partial charge in [0.2, 0.25) is 0 Å². The van der Waals surface area contributed by atoms with E-state index in [2.05, 4.69) is 9.97 Å². The number of imidazole rings is 1. The van der Waals surface area contributed by atoms with Crippen molar-refractivity contribution in [2.45, 2.75) is 12.3 Å². The molecule has 0 amide bonds. The van der Waals surface area contributed by atoms with Crippen LogP contribution in [-0.2, 0) is 0 Å². The topological polar surface area (TPSA) is 48.9 Å². The van der Waals surface area contributed by atoms with Gasteiger partial charge < -0.3 is 10.1 Å². The van der Waals surface area contributed by atoms with Gasteiger partial charge in [0.05, 0.1) is 6.33 Å². The first-order valence-electron chi connectivity index (χ1n) is 3.51. The molecule has 1 aliphatic carbocycles. The van der Waals surface area contributed by atoms with Gasteiger partial charge in [0.1, 0.15) is 0 Å². The number of hydrogen-bond acceptors (Lipinski definition) is 2. The van der Waals surface area contributed by atoms with E-state index >= 15 is 0 Å². The molecule has 0 bridgehead atoms. The zero-order valence-corrected chi connectivity index (χ0v) is 5.62. The van der Waals surface area contributed by atoms with Crippen molar-refractivity contribution in [2.24, 2.45) is 5.92 Å². The van der Waals surface area contributed by atoms with Crippen molar-refractivity contribution in [3.05, 3.63) is 18.2 Å². The van der Waals surface area contributed by atoms with Crippen LogP contribution in [0.3, 0.4) is 0 Å². The predicted octanol–water partition coefficient (Wildman–Crippen LogP) is 0.505. The molecule has 2 rings (SSSR count). The Morgan fingerprint density at radius 1 is 1.80 bits per heavy atom. The number of aromatic amines is 1. The molecule has 3 heteroatoms. The predicted molar refractivity (Wildman–Crippen MR) is 36.5 cm³/mol. The molecule has 1 heterocycles. The Morgan fingerprint density at radius 3 is 3.20 bits per heavy atom. The first-order chi connectivity index (χ1) is 4.92. The lowest BCUT2D eigenvalue weighted by Gasteiger charge is -1.89. The molecule has 10 heavy (non-hydrogen) atoms. The summed E-state index contributed by atoms with van der Waals surface area (Å²) in [4.78, 5) is 6.96. The third-order valence-corrected chi connectivity index (χ3v) is 2.08. The van der Waals surface area contributed by atoms with Crippen LogP contribution < -0.4 is 0 Å². The third kappa shape index (κ3) is 0.827. The number of aromatic nitrogens is 2. The van der Waals surface area contributed by atoms with Crippen molar-refractivity contribution in [1.82, 2.24) is 9.97 Å². The van der Waals surface area contributed by atoms with Crippen molar-refractivity contribution in [3.63, 3.8) is 0 Å². The van der Waals surface area contributed by atoms with Crippen molar-refractivity contribution >= 4 is 0 Å². The lowest BCUT2D eigenvalue weighted by Crippen LogP contribution is -1.87. The molecule has 3 nitrogen and oxygen atoms in total. The van der Waals surface area contributed by atoms with E-state index in [0.29, 0.717) is 18.4 Å². The van der Waals surface area contributed by atoms with Crippen LogP contribution in [-0.4, -0.2) is 21.7 Å². The van der Waals surface area contributed by atoms with E-state index in [1.807, 2.05) is 6.20 Å². The highest BCUT2D eigenvalue weighted by molar-refractivity contribution is 5.14. The standard InChI is InChI=1S/C7H10N2O/c10-3-5-1-6(5)7-2-8-4-9-7/h2,4-6,10H,1,3H2,(H,8,9)/t5-,6-/m1/s1. The van der Waals surface area contributed by atoms with Gasteiger partial charge in [0, 0.05) is 24.4 Å². The fourth-order valence-corrected chi connectivity index (χ4v) is 1.30. The van der Waals surface area contributed by atoms with Crippen LogP contribution in [0.25, 0.3) is 0 Å². The van der Waals surface area contributed by atoms with Gasteiger partial charge in [0.15, 0.2) is 0 Å². The summed E-state index contributed by atoms with van der Waals surface area (Å²) in [5.41, 5.74) is 1.17. The van der Waals surface area contributed by atoms with Crippen molar-refractivity contribution in [3.8, 4) is 0 Å². The molecule has 2 atom stereocenters. The molecule has 1 aliphatic rings. The fourth-order valence-electron chi connectivity index (χ4n) is 1.30. The Labute approximate surface area is 59.1 Å². The average Bonchev–Trinajstić information content (AvgIpc) is 2.56. The maximum Gasteiger partial charge on any atom is 0.0921 e. The number of aliphatic hydroxyl groups is 1. The molecule has 0 aliphatic heterocycles. The first kappa shape index (κ1) is 5.92. The van der Waals surface area contributed by atoms with Gasteiger partial charge in [-0.2, -0.15) is 0 Å². The number of nitrogens with one attached hydrogen (secondary N) is 1. The van der Waals surface area contributed by atoms with Crippen LogP contribution in [0.15, 0.2) is 12.5 Å². The van der Waals surface area contributed by atoms with E-state index in [1.165, 1.54) is 5.69 Å². The van der Waals surface area contributed by atoms with Gasteiger partial charge in [-0.1, -0.05) is 0 Å². The zero-order valence-electron chi connectivity index (χ0n) is 5.62. The lowest BCUT2D eigenvalue weighted by molar-refractivity contribution is 0.273. The molecular weight excluding hydrogens is 128 g/mol. The van der Waals surface area contributed by atoms with Gasteiger partial charge in [-0.15, -0.1) is 0 Å². The molecule has 1 saturated carbocycles. The quantitative estimate of drug-likeness (QED) is 0.625. The maximum absolute atomic E-state index is 8.74. The molecule has 0 aromatic carbocycles. The molecule has 0 unspecified atom stereocenters. The van der Waals surface area contributed by atoms with Gasteiger partial charge in [-0.3, -0.25) is 0 Å². The molecule has 1 aromatic rings. The summed E-state index contributed by atoms with van der Waals surface area (Å²) < 4.78 is 0. The second kappa shape index (κ2) is 2.09. The van der Waals surface area contributed by atoms with Gasteiger partial charge >= 0.3 is 0 Å². The normalized spacial score (nSPS) is 30.5. The summed E-state index contributed by atoms with van der Waals surface area (Å²) in [6, 6.07) is 0. The molecule has 54 valence electrons. The highest BCUT2D eigenvalue weighted by Crippen LogP contribution is 2.45. The summed E-state index contributed by atoms with van der Waals surface area (Å²) in [5, 5.41) is 8.74. The summed E-state index contributed by atoms with van der Waals surface area (Å²) in [6.07, 6.45) is 4.63. The first-order valence-corrected chi connectivity index (χ1v) is 3.51. The highest BCUT2D eigenvalue weighted by Gasteiger charge is 2.38. The maximum atomic E-state index is 8.74. The molecule has 0 spiro atoms. The zero-order chi connectivity index (χ0) is 6.97. The molecular formula is C7H10N2O. The molecule has 1 aromatic heterocycles. The van der Waals surface area contributed by atoms with Crippen LogP contribution in [0.1, 0.15) is 18.0 Å². The SMILES string of the molecule is OC[C@H]1C[C@H]1c1cnc[nH]1.